The first-order valence-corrected chi connectivity index (χ1v) is 9.69. The van der Waals surface area contributed by atoms with Gasteiger partial charge in [0.1, 0.15) is 5.75 Å². The van der Waals surface area contributed by atoms with Crippen LogP contribution < -0.4 is 20.7 Å². The number of hydrogen-bond acceptors (Lipinski definition) is 4. The third-order valence-electron chi connectivity index (χ3n) is 3.82. The molecule has 0 aromatic heterocycles. The van der Waals surface area contributed by atoms with Crippen molar-refractivity contribution in [3.05, 3.63) is 51.1 Å². The highest BCUT2D eigenvalue weighted by atomic mass is 127. The number of methoxy groups -OCH3 is 1. The van der Waals surface area contributed by atoms with E-state index in [2.05, 4.69) is 38.5 Å². The van der Waals surface area contributed by atoms with Crippen LogP contribution >= 0.6 is 34.8 Å². The normalized spacial score (nSPS) is 10.1. The Bertz CT molecular complexity index is 886. The molecule has 2 rings (SSSR count). The lowest BCUT2D eigenvalue weighted by molar-refractivity contribution is -0.115. The van der Waals surface area contributed by atoms with E-state index in [1.54, 1.807) is 38.3 Å². The molecule has 0 bridgehead atoms. The molecule has 0 radical (unpaired) electrons. The Kier molecular flexibility index (Phi) is 7.55. The molecule has 0 saturated carbocycles. The van der Waals surface area contributed by atoms with Crippen LogP contribution in [0.4, 0.5) is 11.4 Å². The minimum Gasteiger partial charge on any atom is -0.496 e. The molecule has 2 aromatic carbocycles. The molecule has 0 heterocycles. The summed E-state index contributed by atoms with van der Waals surface area (Å²) in [5, 5.41) is 8.67. The molecule has 27 heavy (non-hydrogen) atoms. The number of carbonyl (C=O) groups is 2. The van der Waals surface area contributed by atoms with Crippen LogP contribution in [0, 0.1) is 10.5 Å². The second-order valence-electron chi connectivity index (χ2n) is 5.64. The standard InChI is InChI=1S/C19H20IN3O3S/c1-4-17(24)21-14-6-5-7-15(11(14)2)22-19(27)23-18(25)12-8-9-16(26-3)13(20)10-12/h5-10H,4H2,1-3H3,(H,21,24)(H2,22,23,25,27). The summed E-state index contributed by atoms with van der Waals surface area (Å²) in [5.74, 6) is 0.316. The van der Waals surface area contributed by atoms with Gasteiger partial charge in [0.25, 0.3) is 5.91 Å². The Morgan fingerprint density at radius 1 is 1.15 bits per heavy atom. The number of amides is 2. The van der Waals surface area contributed by atoms with Gasteiger partial charge in [-0.3, -0.25) is 14.9 Å². The largest absolute Gasteiger partial charge is 0.496 e. The maximum Gasteiger partial charge on any atom is 0.257 e. The first kappa shape index (κ1) is 21.1. The number of rotatable bonds is 5. The van der Waals surface area contributed by atoms with Gasteiger partial charge in [-0.15, -0.1) is 0 Å². The quantitative estimate of drug-likeness (QED) is 0.429. The van der Waals surface area contributed by atoms with Crippen molar-refractivity contribution in [3.8, 4) is 5.75 Å². The van der Waals surface area contributed by atoms with E-state index >= 15 is 0 Å². The fourth-order valence-electron chi connectivity index (χ4n) is 2.28. The molecule has 6 nitrogen and oxygen atoms in total. The molecule has 0 aliphatic heterocycles. The van der Waals surface area contributed by atoms with E-state index in [0.717, 1.165) is 9.13 Å². The predicted molar refractivity (Wildman–Crippen MR) is 119 cm³/mol. The summed E-state index contributed by atoms with van der Waals surface area (Å²) in [6, 6.07) is 10.6. The lowest BCUT2D eigenvalue weighted by atomic mass is 10.1. The zero-order chi connectivity index (χ0) is 20.0. The van der Waals surface area contributed by atoms with E-state index in [9.17, 15) is 9.59 Å². The average Bonchev–Trinajstić information content (AvgIpc) is 2.64. The molecular weight excluding hydrogens is 477 g/mol. The van der Waals surface area contributed by atoms with Crippen LogP contribution in [0.25, 0.3) is 0 Å². The second-order valence-corrected chi connectivity index (χ2v) is 7.21. The number of carbonyl (C=O) groups excluding carboxylic acids is 2. The number of ether oxygens (including phenoxy) is 1. The zero-order valence-corrected chi connectivity index (χ0v) is 18.2. The van der Waals surface area contributed by atoms with Crippen LogP contribution in [0.2, 0.25) is 0 Å². The van der Waals surface area contributed by atoms with Gasteiger partial charge < -0.3 is 15.4 Å². The highest BCUT2D eigenvalue weighted by Gasteiger charge is 2.12. The molecule has 2 amide bonds. The van der Waals surface area contributed by atoms with Crippen LogP contribution in [-0.2, 0) is 4.79 Å². The molecular formula is C19H20IN3O3S. The van der Waals surface area contributed by atoms with Crippen molar-refractivity contribution >= 4 is 63.1 Å². The summed E-state index contributed by atoms with van der Waals surface area (Å²) in [4.78, 5) is 24.0. The summed E-state index contributed by atoms with van der Waals surface area (Å²) < 4.78 is 6.02. The minimum absolute atomic E-state index is 0.0692. The number of thiocarbonyl (C=S) groups is 1. The van der Waals surface area contributed by atoms with Gasteiger partial charge >= 0.3 is 0 Å². The van der Waals surface area contributed by atoms with Crippen LogP contribution in [0.15, 0.2) is 36.4 Å². The highest BCUT2D eigenvalue weighted by Crippen LogP contribution is 2.24. The third-order valence-corrected chi connectivity index (χ3v) is 4.87. The summed E-state index contributed by atoms with van der Waals surface area (Å²) >= 11 is 7.35. The topological polar surface area (TPSA) is 79.5 Å². The number of hydrogen-bond donors (Lipinski definition) is 3. The molecule has 0 saturated heterocycles. The lowest BCUT2D eigenvalue weighted by Gasteiger charge is -2.15. The Labute approximate surface area is 177 Å². The number of halogens is 1. The summed E-state index contributed by atoms with van der Waals surface area (Å²) in [5.41, 5.74) is 2.71. The van der Waals surface area contributed by atoms with Crippen molar-refractivity contribution in [2.75, 3.05) is 17.7 Å². The molecule has 0 aliphatic carbocycles. The van der Waals surface area contributed by atoms with Gasteiger partial charge in [-0.1, -0.05) is 13.0 Å². The van der Waals surface area contributed by atoms with Crippen LogP contribution in [-0.4, -0.2) is 24.0 Å². The van der Waals surface area contributed by atoms with E-state index < -0.39 is 0 Å². The smallest absolute Gasteiger partial charge is 0.257 e. The SMILES string of the molecule is CCC(=O)Nc1cccc(NC(=S)NC(=O)c2ccc(OC)c(I)c2)c1C. The van der Waals surface area contributed by atoms with E-state index in [4.69, 9.17) is 17.0 Å². The van der Waals surface area contributed by atoms with Crippen molar-refractivity contribution in [3.63, 3.8) is 0 Å². The van der Waals surface area contributed by atoms with Crippen molar-refractivity contribution in [2.45, 2.75) is 20.3 Å². The lowest BCUT2D eigenvalue weighted by Crippen LogP contribution is -2.34. The molecule has 0 spiro atoms. The molecule has 2 aromatic rings. The molecule has 0 atom stereocenters. The first-order chi connectivity index (χ1) is 12.8. The van der Waals surface area contributed by atoms with Gasteiger partial charge in [0.05, 0.1) is 10.7 Å². The summed E-state index contributed by atoms with van der Waals surface area (Å²) in [6.45, 7) is 3.65. The van der Waals surface area contributed by atoms with E-state index in [0.29, 0.717) is 29.1 Å². The van der Waals surface area contributed by atoms with Crippen molar-refractivity contribution in [2.24, 2.45) is 0 Å². The van der Waals surface area contributed by atoms with Gasteiger partial charge in [0, 0.05) is 23.4 Å². The number of nitrogens with one attached hydrogen (secondary N) is 3. The Balaban J connectivity index is 2.07. The molecule has 0 aliphatic rings. The Hall–Kier alpha value is -2.20. The number of benzene rings is 2. The minimum atomic E-state index is -0.318. The van der Waals surface area contributed by atoms with Gasteiger partial charge in [0.15, 0.2) is 5.11 Å². The molecule has 3 N–H and O–H groups in total. The van der Waals surface area contributed by atoms with Crippen LogP contribution in [0.3, 0.4) is 0 Å². The zero-order valence-electron chi connectivity index (χ0n) is 15.2. The van der Waals surface area contributed by atoms with Gasteiger partial charge in [-0.25, -0.2) is 0 Å². The fraction of sp³-hybridized carbons (Fsp3) is 0.211. The van der Waals surface area contributed by atoms with Gasteiger partial charge in [-0.05, 0) is 77.6 Å². The van der Waals surface area contributed by atoms with E-state index in [1.807, 2.05) is 19.1 Å². The van der Waals surface area contributed by atoms with Crippen molar-refractivity contribution in [1.82, 2.24) is 5.32 Å². The Morgan fingerprint density at radius 3 is 2.41 bits per heavy atom. The second kappa shape index (κ2) is 9.65. The van der Waals surface area contributed by atoms with E-state index in [-0.39, 0.29) is 16.9 Å². The molecule has 8 heteroatoms. The maximum absolute atomic E-state index is 12.4. The fourth-order valence-corrected chi connectivity index (χ4v) is 3.22. The summed E-state index contributed by atoms with van der Waals surface area (Å²) in [6.07, 6.45) is 0.395. The van der Waals surface area contributed by atoms with Gasteiger partial charge in [-0.2, -0.15) is 0 Å². The third kappa shape index (κ3) is 5.64. The molecule has 0 unspecified atom stereocenters. The van der Waals surface area contributed by atoms with E-state index in [1.165, 1.54) is 0 Å². The van der Waals surface area contributed by atoms with Crippen LogP contribution in [0.5, 0.6) is 5.75 Å². The first-order valence-electron chi connectivity index (χ1n) is 8.21. The van der Waals surface area contributed by atoms with Crippen LogP contribution in [0.1, 0.15) is 29.3 Å². The van der Waals surface area contributed by atoms with Crippen molar-refractivity contribution in [1.29, 1.82) is 0 Å². The number of anilines is 2. The molecule has 142 valence electrons. The Morgan fingerprint density at radius 2 is 1.81 bits per heavy atom. The average molecular weight is 497 g/mol. The maximum atomic E-state index is 12.4. The predicted octanol–water partition coefficient (Wildman–Crippen LogP) is 4.08. The highest BCUT2D eigenvalue weighted by molar-refractivity contribution is 14.1. The summed E-state index contributed by atoms with van der Waals surface area (Å²) in [7, 11) is 1.58. The van der Waals surface area contributed by atoms with Crippen molar-refractivity contribution < 1.29 is 14.3 Å². The monoisotopic (exact) mass is 497 g/mol. The molecule has 0 fully saturated rings. The van der Waals surface area contributed by atoms with Gasteiger partial charge in [0.2, 0.25) is 5.91 Å².